The average Bonchev–Trinajstić information content (AvgIpc) is 3.03. The summed E-state index contributed by atoms with van der Waals surface area (Å²) in [6, 6.07) is 13.0. The second kappa shape index (κ2) is 10.3. The van der Waals surface area contributed by atoms with Crippen molar-refractivity contribution in [3.63, 3.8) is 0 Å². The number of carbonyl (C=O) groups excluding carboxylic acids is 2. The number of nitrogens with zero attached hydrogens (tertiary/aromatic N) is 2. The minimum Gasteiger partial charge on any atom is -0.497 e. The van der Waals surface area contributed by atoms with Crippen LogP contribution < -0.4 is 15.0 Å². The summed E-state index contributed by atoms with van der Waals surface area (Å²) in [4.78, 5) is 29.9. The molecule has 0 saturated carbocycles. The van der Waals surface area contributed by atoms with E-state index in [0.717, 1.165) is 24.4 Å². The molecule has 0 aromatic heterocycles. The van der Waals surface area contributed by atoms with Gasteiger partial charge in [0.2, 0.25) is 5.91 Å². The Kier molecular flexibility index (Phi) is 7.50. The predicted molar refractivity (Wildman–Crippen MR) is 119 cm³/mol. The number of hydrogen-bond donors (Lipinski definition) is 1. The van der Waals surface area contributed by atoms with Crippen LogP contribution in [0.2, 0.25) is 0 Å². The maximum absolute atomic E-state index is 14.0. The molecular formula is C24H30FN3O3. The lowest BCUT2D eigenvalue weighted by Gasteiger charge is -2.29. The maximum atomic E-state index is 14.0. The van der Waals surface area contributed by atoms with Crippen LogP contribution in [0.3, 0.4) is 0 Å². The number of halogens is 1. The molecule has 1 aliphatic heterocycles. The van der Waals surface area contributed by atoms with Gasteiger partial charge in [0.15, 0.2) is 0 Å². The number of carbonyl (C=O) groups is 2. The Morgan fingerprint density at radius 3 is 2.35 bits per heavy atom. The molecule has 1 N–H and O–H groups in total. The first-order chi connectivity index (χ1) is 14.9. The zero-order chi connectivity index (χ0) is 22.4. The van der Waals surface area contributed by atoms with Crippen LogP contribution in [0.25, 0.3) is 0 Å². The molecule has 166 valence electrons. The Hall–Kier alpha value is -3.09. The van der Waals surface area contributed by atoms with Gasteiger partial charge in [0.05, 0.1) is 12.7 Å². The predicted octanol–water partition coefficient (Wildman–Crippen LogP) is 3.33. The Balaban J connectivity index is 1.66. The van der Waals surface area contributed by atoms with Crippen LogP contribution in [0.4, 0.5) is 10.1 Å². The molecule has 2 amide bonds. The molecule has 1 heterocycles. The lowest BCUT2D eigenvalue weighted by molar-refractivity contribution is -0.134. The summed E-state index contributed by atoms with van der Waals surface area (Å²) in [7, 11) is 1.64. The van der Waals surface area contributed by atoms with Gasteiger partial charge in [0, 0.05) is 31.9 Å². The third-order valence-electron chi connectivity index (χ3n) is 5.58. The van der Waals surface area contributed by atoms with Crippen molar-refractivity contribution in [1.82, 2.24) is 10.2 Å². The number of ether oxygens (including phenoxy) is 1. The first-order valence-corrected chi connectivity index (χ1v) is 10.6. The molecule has 1 atom stereocenters. The number of anilines is 1. The molecule has 3 rings (SSSR count). The summed E-state index contributed by atoms with van der Waals surface area (Å²) in [6.45, 7) is 6.47. The molecule has 1 fully saturated rings. The van der Waals surface area contributed by atoms with Gasteiger partial charge in [0.25, 0.3) is 5.91 Å². The number of methoxy groups -OCH3 is 1. The second-order valence-electron chi connectivity index (χ2n) is 8.04. The molecule has 1 unspecified atom stereocenters. The highest BCUT2D eigenvalue weighted by atomic mass is 19.1. The van der Waals surface area contributed by atoms with E-state index in [2.05, 4.69) is 10.2 Å². The van der Waals surface area contributed by atoms with Crippen LogP contribution in [0.15, 0.2) is 48.5 Å². The van der Waals surface area contributed by atoms with Crippen LogP contribution >= 0.6 is 0 Å². The molecule has 0 aliphatic carbocycles. The van der Waals surface area contributed by atoms with Gasteiger partial charge in [-0.05, 0) is 48.7 Å². The number of amides is 2. The Bertz CT molecular complexity index is 901. The third kappa shape index (κ3) is 5.54. The fourth-order valence-corrected chi connectivity index (χ4v) is 3.76. The van der Waals surface area contributed by atoms with Crippen LogP contribution in [0, 0.1) is 11.7 Å². The maximum Gasteiger partial charge on any atom is 0.254 e. The molecule has 7 heteroatoms. The van der Waals surface area contributed by atoms with Crippen molar-refractivity contribution < 1.29 is 18.7 Å². The van der Waals surface area contributed by atoms with E-state index in [1.54, 1.807) is 18.1 Å². The van der Waals surface area contributed by atoms with Crippen molar-refractivity contribution in [2.45, 2.75) is 26.3 Å². The normalized spacial score (nSPS) is 15.4. The molecular weight excluding hydrogens is 397 g/mol. The van der Waals surface area contributed by atoms with Crippen LogP contribution in [-0.4, -0.2) is 56.0 Å². The highest BCUT2D eigenvalue weighted by molar-refractivity contribution is 5.97. The minimum absolute atomic E-state index is 0.0532. The van der Waals surface area contributed by atoms with Gasteiger partial charge in [-0.3, -0.25) is 9.59 Å². The van der Waals surface area contributed by atoms with Gasteiger partial charge in [-0.2, -0.15) is 0 Å². The first kappa shape index (κ1) is 22.6. The molecule has 0 radical (unpaired) electrons. The fraction of sp³-hybridized carbons (Fsp3) is 0.417. The summed E-state index contributed by atoms with van der Waals surface area (Å²) in [5.41, 5.74) is 1.03. The Morgan fingerprint density at radius 1 is 1.00 bits per heavy atom. The lowest BCUT2D eigenvalue weighted by atomic mass is 10.0. The number of benzene rings is 2. The second-order valence-corrected chi connectivity index (χ2v) is 8.04. The van der Waals surface area contributed by atoms with Crippen molar-refractivity contribution in [3.8, 4) is 5.75 Å². The van der Waals surface area contributed by atoms with E-state index in [9.17, 15) is 14.0 Å². The largest absolute Gasteiger partial charge is 0.497 e. The van der Waals surface area contributed by atoms with Crippen LogP contribution in [0.5, 0.6) is 5.75 Å². The van der Waals surface area contributed by atoms with Gasteiger partial charge in [-0.15, -0.1) is 0 Å². The standard InChI is InChI=1S/C24H30FN3O3/c1-17(2)22(26-23(29)20-7-4-5-8-21(20)25)24(30)28-14-6-13-27(15-16-28)18-9-11-19(31-3)12-10-18/h4-5,7-12,17,22H,6,13-16H2,1-3H3,(H,26,29). The van der Waals surface area contributed by atoms with Crippen molar-refractivity contribution >= 4 is 17.5 Å². The summed E-state index contributed by atoms with van der Waals surface area (Å²) in [5, 5.41) is 2.75. The van der Waals surface area contributed by atoms with Crippen molar-refractivity contribution in [1.29, 1.82) is 0 Å². The SMILES string of the molecule is COc1ccc(N2CCCN(C(=O)C(NC(=O)c3ccccc3F)C(C)C)CC2)cc1. The van der Waals surface area contributed by atoms with E-state index in [1.165, 1.54) is 18.2 Å². The zero-order valence-electron chi connectivity index (χ0n) is 18.3. The summed E-state index contributed by atoms with van der Waals surface area (Å²) >= 11 is 0. The molecule has 31 heavy (non-hydrogen) atoms. The average molecular weight is 428 g/mol. The lowest BCUT2D eigenvalue weighted by Crippen LogP contribution is -2.52. The van der Waals surface area contributed by atoms with E-state index >= 15 is 0 Å². The number of hydrogen-bond acceptors (Lipinski definition) is 4. The molecule has 6 nitrogen and oxygen atoms in total. The summed E-state index contributed by atoms with van der Waals surface area (Å²) in [5.74, 6) is -0.610. The highest BCUT2D eigenvalue weighted by Gasteiger charge is 2.30. The summed E-state index contributed by atoms with van der Waals surface area (Å²) < 4.78 is 19.2. The van der Waals surface area contributed by atoms with Crippen molar-refractivity contribution in [3.05, 3.63) is 59.9 Å². The Morgan fingerprint density at radius 2 is 1.71 bits per heavy atom. The van der Waals surface area contributed by atoms with E-state index in [0.29, 0.717) is 19.6 Å². The van der Waals surface area contributed by atoms with E-state index in [-0.39, 0.29) is 17.4 Å². The first-order valence-electron chi connectivity index (χ1n) is 10.6. The zero-order valence-corrected chi connectivity index (χ0v) is 18.3. The molecule has 1 saturated heterocycles. The molecule has 1 aliphatic rings. The van der Waals surface area contributed by atoms with Gasteiger partial charge < -0.3 is 19.9 Å². The van der Waals surface area contributed by atoms with Crippen molar-refractivity contribution in [2.24, 2.45) is 5.92 Å². The Labute approximate surface area is 183 Å². The van der Waals surface area contributed by atoms with E-state index in [4.69, 9.17) is 4.74 Å². The number of rotatable bonds is 6. The quantitative estimate of drug-likeness (QED) is 0.768. The molecule has 2 aromatic rings. The topological polar surface area (TPSA) is 61.9 Å². The molecule has 2 aromatic carbocycles. The molecule has 0 spiro atoms. The highest BCUT2D eigenvalue weighted by Crippen LogP contribution is 2.21. The van der Waals surface area contributed by atoms with Gasteiger partial charge >= 0.3 is 0 Å². The van der Waals surface area contributed by atoms with E-state index in [1.807, 2.05) is 38.1 Å². The smallest absolute Gasteiger partial charge is 0.254 e. The van der Waals surface area contributed by atoms with Crippen LogP contribution in [-0.2, 0) is 4.79 Å². The van der Waals surface area contributed by atoms with Crippen LogP contribution in [0.1, 0.15) is 30.6 Å². The van der Waals surface area contributed by atoms with Crippen molar-refractivity contribution in [2.75, 3.05) is 38.2 Å². The summed E-state index contributed by atoms with van der Waals surface area (Å²) in [6.07, 6.45) is 0.823. The van der Waals surface area contributed by atoms with Gasteiger partial charge in [0.1, 0.15) is 17.6 Å². The van der Waals surface area contributed by atoms with Gasteiger partial charge in [-0.25, -0.2) is 4.39 Å². The third-order valence-corrected chi connectivity index (χ3v) is 5.58. The van der Waals surface area contributed by atoms with Gasteiger partial charge in [-0.1, -0.05) is 26.0 Å². The fourth-order valence-electron chi connectivity index (χ4n) is 3.76. The monoisotopic (exact) mass is 427 g/mol. The van der Waals surface area contributed by atoms with E-state index < -0.39 is 17.8 Å². The number of nitrogens with one attached hydrogen (secondary N) is 1. The molecule has 0 bridgehead atoms. The minimum atomic E-state index is -0.709.